The van der Waals surface area contributed by atoms with Gasteiger partial charge in [0.05, 0.1) is 21.8 Å². The Morgan fingerprint density at radius 1 is 1.09 bits per heavy atom. The topological polar surface area (TPSA) is 70.5 Å². The van der Waals surface area contributed by atoms with Crippen molar-refractivity contribution < 1.29 is 14.7 Å². The van der Waals surface area contributed by atoms with Crippen LogP contribution in [0.2, 0.25) is 5.02 Å². The van der Waals surface area contributed by atoms with Gasteiger partial charge in [0.25, 0.3) is 5.78 Å². The molecule has 2 heterocycles. The molecule has 1 N–H and O–H groups in total. The minimum atomic E-state index is -0.838. The monoisotopic (exact) mass is 552 g/mol. The number of nitrogens with zero attached hydrogens (tertiary/aromatic N) is 2. The van der Waals surface area contributed by atoms with E-state index in [4.69, 9.17) is 16.6 Å². The van der Waals surface area contributed by atoms with Crippen LogP contribution in [0.25, 0.3) is 16.0 Å². The minimum Gasteiger partial charge on any atom is -0.507 e. The van der Waals surface area contributed by atoms with Crippen LogP contribution in [0.5, 0.6) is 0 Å². The fourth-order valence-corrected chi connectivity index (χ4v) is 5.96. The maximum absolute atomic E-state index is 13.4. The average Bonchev–Trinajstić information content (AvgIpc) is 3.33. The maximum Gasteiger partial charge on any atom is 0.301 e. The van der Waals surface area contributed by atoms with Crippen LogP contribution in [0, 0.1) is 13.8 Å². The van der Waals surface area contributed by atoms with Crippen molar-refractivity contribution in [3.63, 3.8) is 0 Å². The van der Waals surface area contributed by atoms with E-state index in [2.05, 4.69) is 15.9 Å². The molecule has 1 aliphatic heterocycles. The number of hydrogen-bond donors (Lipinski definition) is 1. The van der Waals surface area contributed by atoms with Crippen molar-refractivity contribution >= 4 is 71.7 Å². The average molecular weight is 554 g/mol. The number of amides is 1. The van der Waals surface area contributed by atoms with Crippen LogP contribution >= 0.6 is 38.9 Å². The van der Waals surface area contributed by atoms with Gasteiger partial charge in [0.1, 0.15) is 5.76 Å². The third-order valence-electron chi connectivity index (χ3n) is 5.75. The summed E-state index contributed by atoms with van der Waals surface area (Å²) >= 11 is 10.8. The molecule has 1 amide bonds. The van der Waals surface area contributed by atoms with Crippen molar-refractivity contribution in [2.75, 3.05) is 4.90 Å². The Morgan fingerprint density at radius 2 is 1.82 bits per heavy atom. The van der Waals surface area contributed by atoms with Gasteiger partial charge in [0.2, 0.25) is 0 Å². The summed E-state index contributed by atoms with van der Waals surface area (Å²) in [6.45, 7) is 3.98. The van der Waals surface area contributed by atoms with Gasteiger partial charge in [-0.15, -0.1) is 0 Å². The first kappa shape index (κ1) is 22.8. The molecular weight excluding hydrogens is 536 g/mol. The summed E-state index contributed by atoms with van der Waals surface area (Å²) in [5.74, 6) is -1.74. The molecule has 170 valence electrons. The molecule has 1 saturated heterocycles. The van der Waals surface area contributed by atoms with E-state index in [9.17, 15) is 14.7 Å². The maximum atomic E-state index is 13.4. The van der Waals surface area contributed by atoms with Gasteiger partial charge in [-0.05, 0) is 73.0 Å². The lowest BCUT2D eigenvalue weighted by atomic mass is 9.95. The van der Waals surface area contributed by atoms with Crippen molar-refractivity contribution in [1.82, 2.24) is 4.98 Å². The fraction of sp³-hybridized carbons (Fsp3) is 0.115. The van der Waals surface area contributed by atoms with Crippen LogP contribution in [-0.4, -0.2) is 21.8 Å². The number of anilines is 1. The second kappa shape index (κ2) is 8.65. The molecule has 1 aliphatic rings. The quantitative estimate of drug-likeness (QED) is 0.169. The van der Waals surface area contributed by atoms with Gasteiger partial charge in [-0.3, -0.25) is 14.5 Å². The Labute approximate surface area is 213 Å². The summed E-state index contributed by atoms with van der Waals surface area (Å²) in [5, 5.41) is 12.1. The molecule has 34 heavy (non-hydrogen) atoms. The zero-order chi connectivity index (χ0) is 24.1. The van der Waals surface area contributed by atoms with Gasteiger partial charge in [-0.2, -0.15) is 0 Å². The summed E-state index contributed by atoms with van der Waals surface area (Å²) in [7, 11) is 0. The van der Waals surface area contributed by atoms with E-state index in [1.165, 1.54) is 16.2 Å². The highest BCUT2D eigenvalue weighted by Gasteiger charge is 2.48. The fourth-order valence-electron chi connectivity index (χ4n) is 4.25. The van der Waals surface area contributed by atoms with Crippen molar-refractivity contribution in [2.24, 2.45) is 0 Å². The van der Waals surface area contributed by atoms with Crippen molar-refractivity contribution in [1.29, 1.82) is 0 Å². The molecule has 1 atom stereocenters. The van der Waals surface area contributed by atoms with E-state index in [1.807, 2.05) is 50.2 Å². The van der Waals surface area contributed by atoms with E-state index < -0.39 is 17.7 Å². The number of hydrogen-bond acceptors (Lipinski definition) is 5. The number of carbonyl (C=O) groups is 2. The van der Waals surface area contributed by atoms with Crippen molar-refractivity contribution in [2.45, 2.75) is 19.9 Å². The molecule has 0 spiro atoms. The lowest BCUT2D eigenvalue weighted by Crippen LogP contribution is -2.29. The Morgan fingerprint density at radius 3 is 2.53 bits per heavy atom. The van der Waals surface area contributed by atoms with Crippen LogP contribution in [0.15, 0.2) is 70.7 Å². The molecule has 0 unspecified atom stereocenters. The first-order valence-electron chi connectivity index (χ1n) is 10.4. The SMILES string of the molecule is Cc1cc(C)c2nc(N3C(=O)C(=O)/C(=C(/O)c4ccc(Cl)cc4)[C@@H]3c3cccc(Br)c3)sc2c1. The zero-order valence-electron chi connectivity index (χ0n) is 18.2. The number of ketones is 1. The van der Waals surface area contributed by atoms with E-state index in [0.29, 0.717) is 21.3 Å². The Bertz CT molecular complexity index is 1510. The molecule has 5 nitrogen and oxygen atoms in total. The lowest BCUT2D eigenvalue weighted by Gasteiger charge is -2.23. The molecule has 1 aromatic heterocycles. The summed E-state index contributed by atoms with van der Waals surface area (Å²) in [5.41, 5.74) is 3.97. The summed E-state index contributed by atoms with van der Waals surface area (Å²) in [4.78, 5) is 32.8. The molecule has 4 aromatic rings. The highest BCUT2D eigenvalue weighted by Crippen LogP contribution is 2.45. The molecule has 0 aliphatic carbocycles. The second-order valence-electron chi connectivity index (χ2n) is 8.16. The molecule has 0 radical (unpaired) electrons. The van der Waals surface area contributed by atoms with Crippen LogP contribution in [0.3, 0.4) is 0 Å². The molecule has 5 rings (SSSR count). The highest BCUT2D eigenvalue weighted by molar-refractivity contribution is 9.10. The first-order valence-corrected chi connectivity index (χ1v) is 12.4. The zero-order valence-corrected chi connectivity index (χ0v) is 21.3. The van der Waals surface area contributed by atoms with E-state index in [0.717, 1.165) is 25.8 Å². The lowest BCUT2D eigenvalue weighted by molar-refractivity contribution is -0.132. The Balaban J connectivity index is 1.75. The van der Waals surface area contributed by atoms with Gasteiger partial charge in [0.15, 0.2) is 5.13 Å². The molecule has 8 heteroatoms. The van der Waals surface area contributed by atoms with E-state index in [1.54, 1.807) is 24.3 Å². The normalized spacial score (nSPS) is 17.6. The number of rotatable bonds is 3. The van der Waals surface area contributed by atoms with Crippen molar-refractivity contribution in [3.8, 4) is 0 Å². The smallest absolute Gasteiger partial charge is 0.301 e. The van der Waals surface area contributed by atoms with E-state index >= 15 is 0 Å². The number of thiazole rings is 1. The number of fused-ring (bicyclic) bond motifs is 1. The van der Waals surface area contributed by atoms with Gasteiger partial charge in [-0.25, -0.2) is 4.98 Å². The standard InChI is InChI=1S/C26H18BrClN2O3S/c1-13-10-14(2)21-19(11-13)34-26(29-21)30-22(16-4-3-5-17(27)12-16)20(24(32)25(30)33)23(31)15-6-8-18(28)9-7-15/h3-12,22,31H,1-2H3/b23-20+/t22-/m0/s1. The van der Waals surface area contributed by atoms with Gasteiger partial charge >= 0.3 is 5.91 Å². The molecule has 0 saturated carbocycles. The molecule has 3 aromatic carbocycles. The number of Topliss-reactive ketones (excluding diaryl/α,β-unsaturated/α-hetero) is 1. The van der Waals surface area contributed by atoms with Crippen LogP contribution < -0.4 is 4.90 Å². The van der Waals surface area contributed by atoms with Gasteiger partial charge < -0.3 is 5.11 Å². The number of halogens is 2. The molecule has 1 fully saturated rings. The number of aryl methyl sites for hydroxylation is 2. The van der Waals surface area contributed by atoms with Gasteiger partial charge in [-0.1, -0.05) is 57.1 Å². The first-order chi connectivity index (χ1) is 16.2. The predicted octanol–water partition coefficient (Wildman–Crippen LogP) is 6.96. The third-order valence-corrected chi connectivity index (χ3v) is 7.50. The Kier molecular flexibility index (Phi) is 5.80. The van der Waals surface area contributed by atoms with Gasteiger partial charge in [0, 0.05) is 15.1 Å². The number of aliphatic hydroxyl groups excluding tert-OH is 1. The summed E-state index contributed by atoms with van der Waals surface area (Å²) in [6.07, 6.45) is 0. The van der Waals surface area contributed by atoms with Crippen molar-refractivity contribution in [3.05, 3.63) is 98.0 Å². The minimum absolute atomic E-state index is 0.0116. The summed E-state index contributed by atoms with van der Waals surface area (Å²) < 4.78 is 1.72. The number of benzene rings is 3. The number of carbonyl (C=O) groups excluding carboxylic acids is 2. The Hall–Kier alpha value is -3.00. The largest absolute Gasteiger partial charge is 0.507 e. The molecular formula is C26H18BrClN2O3S. The number of aromatic nitrogens is 1. The van der Waals surface area contributed by atoms with Crippen LogP contribution in [0.4, 0.5) is 5.13 Å². The number of aliphatic hydroxyl groups is 1. The molecule has 0 bridgehead atoms. The van der Waals surface area contributed by atoms with Crippen LogP contribution in [0.1, 0.15) is 28.3 Å². The van der Waals surface area contributed by atoms with Crippen LogP contribution in [-0.2, 0) is 9.59 Å². The second-order valence-corrected chi connectivity index (χ2v) is 10.5. The third kappa shape index (κ3) is 3.83. The summed E-state index contributed by atoms with van der Waals surface area (Å²) in [6, 6.07) is 17.0. The highest BCUT2D eigenvalue weighted by atomic mass is 79.9. The predicted molar refractivity (Wildman–Crippen MR) is 139 cm³/mol. The van der Waals surface area contributed by atoms with E-state index in [-0.39, 0.29) is 11.3 Å².